The van der Waals surface area contributed by atoms with Gasteiger partial charge in [0.25, 0.3) is 0 Å². The average molecular weight is 414 g/mol. The summed E-state index contributed by atoms with van der Waals surface area (Å²) < 4.78 is 1.11. The number of allylic oxidation sites excluding steroid dienone is 2. The molecule has 0 heterocycles. The molecule has 2 nitrogen and oxygen atoms in total. The van der Waals surface area contributed by atoms with Gasteiger partial charge in [-0.25, -0.2) is 4.74 Å². The average Bonchev–Trinajstić information content (AvgIpc) is 3.04. The van der Waals surface area contributed by atoms with Gasteiger partial charge in [0, 0.05) is 12.5 Å². The molecule has 0 spiro atoms. The van der Waals surface area contributed by atoms with Crippen LogP contribution < -0.4 is 0 Å². The smallest absolute Gasteiger partial charge is 0.186 e. The number of hydrogen-bond donors (Lipinski definition) is 0. The first-order valence-electron chi connectivity index (χ1n) is 13.1. The minimum atomic E-state index is 0.352. The van der Waals surface area contributed by atoms with Gasteiger partial charge >= 0.3 is 0 Å². The zero-order chi connectivity index (χ0) is 21.7. The van der Waals surface area contributed by atoms with Gasteiger partial charge in [0.15, 0.2) is 5.71 Å². The number of rotatable bonds is 5. The Labute approximate surface area is 186 Å². The van der Waals surface area contributed by atoms with Crippen LogP contribution in [-0.2, 0) is 0 Å². The predicted octanol–water partition coefficient (Wildman–Crippen LogP) is 7.61. The maximum atomic E-state index is 11.9. The Balaban J connectivity index is 1.50. The molecule has 0 aliphatic heterocycles. The first kappa shape index (κ1) is 22.4. The SMILES string of the molecule is CC(C)CCCC(C)[C@H]1CC[C@H]2[C@@H]3CCC4=CC(=[N+](C)[O-])CC[C@]4(C)[C@H]3CC[C@]12C. The Morgan fingerprint density at radius 3 is 2.47 bits per heavy atom. The molecule has 0 aromatic heterocycles. The quantitative estimate of drug-likeness (QED) is 0.259. The molecule has 4 aliphatic rings. The molecule has 0 N–H and O–H groups in total. The fourth-order valence-electron chi connectivity index (χ4n) is 8.84. The third kappa shape index (κ3) is 3.69. The van der Waals surface area contributed by atoms with Crippen molar-refractivity contribution in [2.24, 2.45) is 46.3 Å². The lowest BCUT2D eigenvalue weighted by Gasteiger charge is -2.58. The summed E-state index contributed by atoms with van der Waals surface area (Å²) in [6, 6.07) is 0. The van der Waals surface area contributed by atoms with Crippen LogP contribution in [0.15, 0.2) is 11.6 Å². The van der Waals surface area contributed by atoms with Crippen LogP contribution in [0.25, 0.3) is 0 Å². The summed E-state index contributed by atoms with van der Waals surface area (Å²) in [4.78, 5) is 0. The van der Waals surface area contributed by atoms with Crippen LogP contribution in [0.4, 0.5) is 0 Å². The molecule has 2 heteroatoms. The van der Waals surface area contributed by atoms with Gasteiger partial charge in [-0.15, -0.1) is 0 Å². The van der Waals surface area contributed by atoms with Gasteiger partial charge in [0.1, 0.15) is 7.05 Å². The molecule has 7 atom stereocenters. The monoisotopic (exact) mass is 413 g/mol. The maximum Gasteiger partial charge on any atom is 0.186 e. The second-order valence-corrected chi connectivity index (χ2v) is 12.5. The number of nitrogens with zero attached hydrogens (tertiary/aromatic N) is 1. The van der Waals surface area contributed by atoms with E-state index in [-0.39, 0.29) is 0 Å². The summed E-state index contributed by atoms with van der Waals surface area (Å²) >= 11 is 0. The molecular weight excluding hydrogens is 366 g/mol. The van der Waals surface area contributed by atoms with Crippen LogP contribution in [0.3, 0.4) is 0 Å². The normalized spacial score (nSPS) is 43.5. The summed E-state index contributed by atoms with van der Waals surface area (Å²) in [6.45, 7) is 12.6. The molecule has 30 heavy (non-hydrogen) atoms. The first-order chi connectivity index (χ1) is 14.2. The lowest BCUT2D eigenvalue weighted by Crippen LogP contribution is -2.51. The summed E-state index contributed by atoms with van der Waals surface area (Å²) in [7, 11) is 1.67. The number of hydroxylamine groups is 1. The highest BCUT2D eigenvalue weighted by Crippen LogP contribution is 2.67. The molecule has 3 fully saturated rings. The van der Waals surface area contributed by atoms with Gasteiger partial charge in [-0.2, -0.15) is 0 Å². The molecule has 0 amide bonds. The van der Waals surface area contributed by atoms with E-state index < -0.39 is 0 Å². The van der Waals surface area contributed by atoms with Crippen molar-refractivity contribution in [3.8, 4) is 0 Å². The topological polar surface area (TPSA) is 26.1 Å². The fourth-order valence-corrected chi connectivity index (χ4v) is 8.84. The van der Waals surface area contributed by atoms with E-state index in [1.54, 1.807) is 12.6 Å². The van der Waals surface area contributed by atoms with Crippen LogP contribution in [0.2, 0.25) is 0 Å². The molecule has 0 aromatic carbocycles. The van der Waals surface area contributed by atoms with E-state index >= 15 is 0 Å². The highest BCUT2D eigenvalue weighted by atomic mass is 16.5. The third-order valence-electron chi connectivity index (χ3n) is 10.6. The van der Waals surface area contributed by atoms with Crippen LogP contribution >= 0.6 is 0 Å². The fraction of sp³-hybridized carbons (Fsp3) is 0.893. The van der Waals surface area contributed by atoms with Gasteiger partial charge in [-0.3, -0.25) is 0 Å². The van der Waals surface area contributed by atoms with E-state index in [0.29, 0.717) is 10.8 Å². The van der Waals surface area contributed by atoms with Crippen LogP contribution in [0.1, 0.15) is 105 Å². The lowest BCUT2D eigenvalue weighted by molar-refractivity contribution is -0.423. The Morgan fingerprint density at radius 2 is 1.77 bits per heavy atom. The van der Waals surface area contributed by atoms with Gasteiger partial charge in [-0.05, 0) is 91.3 Å². The summed E-state index contributed by atoms with van der Waals surface area (Å²) in [5.74, 6) is 5.40. The molecule has 0 bridgehead atoms. The molecule has 3 saturated carbocycles. The Kier molecular flexibility index (Phi) is 6.19. The minimum absolute atomic E-state index is 0.352. The molecule has 0 aromatic rings. The maximum absolute atomic E-state index is 11.9. The summed E-state index contributed by atoms with van der Waals surface area (Å²) in [5.41, 5.74) is 3.55. The Bertz CT molecular complexity index is 701. The van der Waals surface area contributed by atoms with Crippen molar-refractivity contribution in [2.45, 2.75) is 105 Å². The Hall–Kier alpha value is -0.790. The molecule has 170 valence electrons. The molecule has 4 aliphatic carbocycles. The molecule has 0 saturated heterocycles. The molecule has 4 rings (SSSR count). The molecule has 1 unspecified atom stereocenters. The number of fused-ring (bicyclic) bond motifs is 5. The van der Waals surface area contributed by atoms with Crippen LogP contribution in [0, 0.1) is 51.5 Å². The Morgan fingerprint density at radius 1 is 1.00 bits per heavy atom. The van der Waals surface area contributed by atoms with E-state index in [9.17, 15) is 5.21 Å². The van der Waals surface area contributed by atoms with Crippen molar-refractivity contribution >= 4 is 5.71 Å². The van der Waals surface area contributed by atoms with Gasteiger partial charge < -0.3 is 5.21 Å². The van der Waals surface area contributed by atoms with Crippen LogP contribution in [-0.4, -0.2) is 17.5 Å². The number of hydrogen-bond acceptors (Lipinski definition) is 1. The van der Waals surface area contributed by atoms with E-state index in [4.69, 9.17) is 0 Å². The van der Waals surface area contributed by atoms with Crippen molar-refractivity contribution < 1.29 is 4.74 Å². The predicted molar refractivity (Wildman–Crippen MR) is 128 cm³/mol. The first-order valence-corrected chi connectivity index (χ1v) is 13.1. The van der Waals surface area contributed by atoms with Gasteiger partial charge in [-0.1, -0.05) is 59.5 Å². The minimum Gasteiger partial charge on any atom is -0.624 e. The van der Waals surface area contributed by atoms with E-state index in [1.807, 2.05) is 0 Å². The van der Waals surface area contributed by atoms with E-state index in [0.717, 1.165) is 52.4 Å². The van der Waals surface area contributed by atoms with Crippen molar-refractivity contribution in [3.63, 3.8) is 0 Å². The molecular formula is C28H47NO. The molecule has 0 radical (unpaired) electrons. The van der Waals surface area contributed by atoms with Gasteiger partial charge in [0.05, 0.1) is 0 Å². The second kappa shape index (κ2) is 8.28. The summed E-state index contributed by atoms with van der Waals surface area (Å²) in [6.07, 6.45) is 17.1. The van der Waals surface area contributed by atoms with E-state index in [1.165, 1.54) is 64.2 Å². The van der Waals surface area contributed by atoms with Crippen molar-refractivity contribution in [2.75, 3.05) is 7.05 Å². The van der Waals surface area contributed by atoms with Gasteiger partial charge in [0.2, 0.25) is 0 Å². The zero-order valence-electron chi connectivity index (χ0n) is 20.7. The van der Waals surface area contributed by atoms with Crippen molar-refractivity contribution in [1.82, 2.24) is 0 Å². The second-order valence-electron chi connectivity index (χ2n) is 12.5. The van der Waals surface area contributed by atoms with E-state index in [2.05, 4.69) is 40.7 Å². The lowest BCUT2D eigenvalue weighted by atomic mass is 9.46. The van der Waals surface area contributed by atoms with Crippen molar-refractivity contribution in [3.05, 3.63) is 16.9 Å². The van der Waals surface area contributed by atoms with Crippen LogP contribution in [0.5, 0.6) is 0 Å². The van der Waals surface area contributed by atoms with Crippen molar-refractivity contribution in [1.29, 1.82) is 0 Å². The summed E-state index contributed by atoms with van der Waals surface area (Å²) in [5, 5.41) is 11.9. The largest absolute Gasteiger partial charge is 0.624 e. The zero-order valence-corrected chi connectivity index (χ0v) is 20.7. The highest BCUT2D eigenvalue weighted by molar-refractivity contribution is 5.92. The highest BCUT2D eigenvalue weighted by Gasteiger charge is 2.59. The standard InChI is InChI=1S/C28H47NO/c1-19(2)8-7-9-20(3)24-12-13-25-23-11-10-21-18-22(29(6)30)14-16-27(21,4)26(23)15-17-28(24,25)5/h18-20,23-26H,7-17H2,1-6H3/t20?,23-,24+,25-,26-,27-,28+/m0/s1. The third-order valence-corrected chi connectivity index (χ3v) is 10.6.